The summed E-state index contributed by atoms with van der Waals surface area (Å²) in [5.41, 5.74) is 4.64. The average molecular weight is 300 g/mol. The lowest BCUT2D eigenvalue weighted by molar-refractivity contribution is 0.812. The Balaban J connectivity index is 1.82. The zero-order valence-corrected chi connectivity index (χ0v) is 13.0. The SMILES string of the molecule is Cc1ccc(C#N)c(N2CC=C(c3ccc(C#N)cc3)CC2)n1. The van der Waals surface area contributed by atoms with Crippen molar-refractivity contribution in [1.29, 1.82) is 10.5 Å². The standard InChI is InChI=1S/C19H16N4/c1-14-2-5-18(13-21)19(22-14)23-10-8-17(9-11-23)16-6-3-15(12-20)4-7-16/h2-8H,9-11H2,1H3. The van der Waals surface area contributed by atoms with E-state index in [1.54, 1.807) is 0 Å². The second kappa shape index (κ2) is 6.34. The van der Waals surface area contributed by atoms with Crippen LogP contribution in [0.2, 0.25) is 0 Å². The third-order valence-electron chi connectivity index (χ3n) is 4.03. The quantitative estimate of drug-likeness (QED) is 0.852. The van der Waals surface area contributed by atoms with Gasteiger partial charge >= 0.3 is 0 Å². The van der Waals surface area contributed by atoms with Crippen molar-refractivity contribution in [2.24, 2.45) is 0 Å². The molecule has 0 fully saturated rings. The van der Waals surface area contributed by atoms with Gasteiger partial charge in [-0.1, -0.05) is 18.2 Å². The van der Waals surface area contributed by atoms with Crippen LogP contribution in [0, 0.1) is 29.6 Å². The van der Waals surface area contributed by atoms with Crippen LogP contribution in [0.5, 0.6) is 0 Å². The van der Waals surface area contributed by atoms with Gasteiger partial charge in [-0.05, 0) is 48.7 Å². The number of anilines is 1. The Morgan fingerprint density at radius 2 is 1.83 bits per heavy atom. The van der Waals surface area contributed by atoms with E-state index in [0.29, 0.717) is 11.1 Å². The number of benzene rings is 1. The van der Waals surface area contributed by atoms with Gasteiger partial charge in [-0.3, -0.25) is 0 Å². The molecule has 0 amide bonds. The van der Waals surface area contributed by atoms with Gasteiger partial charge in [-0.2, -0.15) is 10.5 Å². The molecule has 0 atom stereocenters. The van der Waals surface area contributed by atoms with Crippen molar-refractivity contribution in [2.75, 3.05) is 18.0 Å². The van der Waals surface area contributed by atoms with Gasteiger partial charge in [-0.15, -0.1) is 0 Å². The molecule has 1 aliphatic rings. The van der Waals surface area contributed by atoms with Crippen molar-refractivity contribution >= 4 is 11.4 Å². The summed E-state index contributed by atoms with van der Waals surface area (Å²) in [6.45, 7) is 3.50. The fourth-order valence-electron chi connectivity index (χ4n) is 2.75. The molecule has 3 rings (SSSR count). The van der Waals surface area contributed by atoms with E-state index in [2.05, 4.69) is 28.1 Å². The van der Waals surface area contributed by atoms with E-state index < -0.39 is 0 Å². The molecule has 2 heterocycles. The molecule has 0 bridgehead atoms. The minimum Gasteiger partial charge on any atom is -0.351 e. The molecule has 2 aromatic rings. The summed E-state index contributed by atoms with van der Waals surface area (Å²) in [5.74, 6) is 0.766. The molecule has 0 N–H and O–H groups in total. The molecule has 0 radical (unpaired) electrons. The minimum atomic E-state index is 0.617. The third-order valence-corrected chi connectivity index (χ3v) is 4.03. The lowest BCUT2D eigenvalue weighted by Crippen LogP contribution is -2.30. The molecule has 112 valence electrons. The molecule has 23 heavy (non-hydrogen) atoms. The van der Waals surface area contributed by atoms with E-state index in [-0.39, 0.29) is 0 Å². The van der Waals surface area contributed by atoms with Crippen LogP contribution >= 0.6 is 0 Å². The molecule has 0 spiro atoms. The van der Waals surface area contributed by atoms with E-state index >= 15 is 0 Å². The molecule has 0 aliphatic carbocycles. The summed E-state index contributed by atoms with van der Waals surface area (Å²) >= 11 is 0. The molecule has 4 heteroatoms. The molecule has 0 saturated carbocycles. The van der Waals surface area contributed by atoms with Gasteiger partial charge < -0.3 is 4.90 Å². The van der Waals surface area contributed by atoms with Crippen molar-refractivity contribution in [3.05, 3.63) is 64.9 Å². The van der Waals surface area contributed by atoms with Crippen LogP contribution < -0.4 is 4.90 Å². The topological polar surface area (TPSA) is 63.7 Å². The van der Waals surface area contributed by atoms with Gasteiger partial charge in [0.2, 0.25) is 0 Å². The maximum Gasteiger partial charge on any atom is 0.147 e. The fraction of sp³-hybridized carbons (Fsp3) is 0.211. The Kier molecular flexibility index (Phi) is 4.08. The number of rotatable bonds is 2. The number of aryl methyl sites for hydroxylation is 1. The number of aromatic nitrogens is 1. The number of hydrogen-bond donors (Lipinski definition) is 0. The van der Waals surface area contributed by atoms with Gasteiger partial charge in [0.15, 0.2) is 0 Å². The zero-order chi connectivity index (χ0) is 16.2. The molecular formula is C19H16N4. The van der Waals surface area contributed by atoms with Crippen LogP contribution in [0.1, 0.15) is 28.8 Å². The Morgan fingerprint density at radius 1 is 1.04 bits per heavy atom. The highest BCUT2D eigenvalue weighted by atomic mass is 15.2. The van der Waals surface area contributed by atoms with E-state index in [1.165, 1.54) is 5.57 Å². The second-order valence-corrected chi connectivity index (χ2v) is 5.55. The normalized spacial score (nSPS) is 13.9. The maximum atomic E-state index is 9.26. The lowest BCUT2D eigenvalue weighted by atomic mass is 9.98. The van der Waals surface area contributed by atoms with E-state index in [4.69, 9.17) is 5.26 Å². The smallest absolute Gasteiger partial charge is 0.147 e. The predicted molar refractivity (Wildman–Crippen MR) is 89.7 cm³/mol. The summed E-state index contributed by atoms with van der Waals surface area (Å²) in [4.78, 5) is 6.66. The fourth-order valence-corrected chi connectivity index (χ4v) is 2.75. The highest BCUT2D eigenvalue weighted by Crippen LogP contribution is 2.26. The summed E-state index contributed by atoms with van der Waals surface area (Å²) in [6.07, 6.45) is 3.07. The number of hydrogen-bond acceptors (Lipinski definition) is 4. The molecule has 1 aromatic heterocycles. The Labute approximate surface area is 135 Å². The largest absolute Gasteiger partial charge is 0.351 e. The highest BCUT2D eigenvalue weighted by Gasteiger charge is 2.17. The van der Waals surface area contributed by atoms with Crippen LogP contribution in [0.4, 0.5) is 5.82 Å². The summed E-state index contributed by atoms with van der Waals surface area (Å²) in [5, 5.41) is 18.1. The zero-order valence-electron chi connectivity index (χ0n) is 13.0. The van der Waals surface area contributed by atoms with Crippen molar-refractivity contribution in [2.45, 2.75) is 13.3 Å². The average Bonchev–Trinajstić information content (AvgIpc) is 2.62. The van der Waals surface area contributed by atoms with Crippen molar-refractivity contribution in [3.8, 4) is 12.1 Å². The highest BCUT2D eigenvalue weighted by molar-refractivity contribution is 5.69. The van der Waals surface area contributed by atoms with E-state index in [1.807, 2.05) is 43.3 Å². The first kappa shape index (κ1) is 14.8. The molecule has 1 aliphatic heterocycles. The number of nitrogens with zero attached hydrogens (tertiary/aromatic N) is 4. The first-order valence-electron chi connectivity index (χ1n) is 7.53. The van der Waals surface area contributed by atoms with Gasteiger partial charge in [-0.25, -0.2) is 4.98 Å². The van der Waals surface area contributed by atoms with Gasteiger partial charge in [0.05, 0.1) is 17.2 Å². The van der Waals surface area contributed by atoms with Crippen LogP contribution in [-0.2, 0) is 0 Å². The van der Waals surface area contributed by atoms with Crippen LogP contribution in [0.25, 0.3) is 5.57 Å². The van der Waals surface area contributed by atoms with Crippen molar-refractivity contribution in [1.82, 2.24) is 4.98 Å². The maximum absolute atomic E-state index is 9.26. The summed E-state index contributed by atoms with van der Waals surface area (Å²) in [6, 6.07) is 15.7. The molecule has 0 saturated heterocycles. The first-order valence-corrected chi connectivity index (χ1v) is 7.53. The monoisotopic (exact) mass is 300 g/mol. The lowest BCUT2D eigenvalue weighted by Gasteiger charge is -2.28. The van der Waals surface area contributed by atoms with Crippen LogP contribution in [0.3, 0.4) is 0 Å². The van der Waals surface area contributed by atoms with Crippen molar-refractivity contribution < 1.29 is 0 Å². The van der Waals surface area contributed by atoms with E-state index in [0.717, 1.165) is 36.6 Å². The Bertz CT molecular complexity index is 835. The first-order chi connectivity index (χ1) is 11.2. The predicted octanol–water partition coefficient (Wildman–Crippen LogP) is 3.43. The van der Waals surface area contributed by atoms with Gasteiger partial charge in [0, 0.05) is 18.8 Å². The van der Waals surface area contributed by atoms with Crippen molar-refractivity contribution in [3.63, 3.8) is 0 Å². The molecule has 1 aromatic carbocycles. The molecular weight excluding hydrogens is 284 g/mol. The summed E-state index contributed by atoms with van der Waals surface area (Å²) < 4.78 is 0. The molecule has 4 nitrogen and oxygen atoms in total. The van der Waals surface area contributed by atoms with Gasteiger partial charge in [0.1, 0.15) is 11.9 Å². The third kappa shape index (κ3) is 3.07. The van der Waals surface area contributed by atoms with Crippen LogP contribution in [-0.4, -0.2) is 18.1 Å². The van der Waals surface area contributed by atoms with Crippen LogP contribution in [0.15, 0.2) is 42.5 Å². The second-order valence-electron chi connectivity index (χ2n) is 5.55. The Morgan fingerprint density at radius 3 is 2.43 bits per heavy atom. The summed E-state index contributed by atoms with van der Waals surface area (Å²) in [7, 11) is 0. The minimum absolute atomic E-state index is 0.617. The van der Waals surface area contributed by atoms with E-state index in [9.17, 15) is 5.26 Å². The Hall–Kier alpha value is -3.11. The number of nitriles is 2. The number of pyridine rings is 1. The van der Waals surface area contributed by atoms with Gasteiger partial charge in [0.25, 0.3) is 0 Å². The molecule has 0 unspecified atom stereocenters.